The van der Waals surface area contributed by atoms with E-state index >= 15 is 0 Å². The zero-order valence-corrected chi connectivity index (χ0v) is 10.3. The van der Waals surface area contributed by atoms with E-state index < -0.39 is 0 Å². The maximum absolute atomic E-state index is 11.1. The van der Waals surface area contributed by atoms with Gasteiger partial charge in [-0.3, -0.25) is 9.69 Å². The Bertz CT molecular complexity index is 193. The first-order chi connectivity index (χ1) is 6.63. The molecule has 5 heteroatoms. The van der Waals surface area contributed by atoms with Gasteiger partial charge in [0.05, 0.1) is 7.11 Å². The lowest BCUT2D eigenvalue weighted by molar-refractivity contribution is -0.140. The maximum Gasteiger partial charge on any atom is 0.320 e. The van der Waals surface area contributed by atoms with Gasteiger partial charge in [0, 0.05) is 32.7 Å². The van der Waals surface area contributed by atoms with E-state index in [1.165, 1.54) is 7.11 Å². The lowest BCUT2D eigenvalue weighted by atomic mass is 10.3. The molecule has 14 heavy (non-hydrogen) atoms. The molecule has 0 amide bonds. The van der Waals surface area contributed by atoms with Crippen molar-refractivity contribution in [1.29, 1.82) is 0 Å². The van der Waals surface area contributed by atoms with Crippen LogP contribution < -0.4 is 0 Å². The maximum atomic E-state index is 11.1. The summed E-state index contributed by atoms with van der Waals surface area (Å²) in [5, 5.41) is 0. The van der Waals surface area contributed by atoms with Gasteiger partial charge < -0.3 is 9.64 Å². The van der Waals surface area contributed by atoms with Crippen LogP contribution in [0.2, 0.25) is 0 Å². The number of hydrogen-bond donors (Lipinski definition) is 0. The number of ether oxygens (including phenoxy) is 1. The highest BCUT2D eigenvalue weighted by atomic mass is 79.9. The molecule has 1 unspecified atom stereocenters. The Hall–Kier alpha value is -0.130. The van der Waals surface area contributed by atoms with Crippen LogP contribution in [0.25, 0.3) is 0 Å². The molecule has 4 nitrogen and oxygen atoms in total. The molecule has 82 valence electrons. The van der Waals surface area contributed by atoms with Gasteiger partial charge in [0.2, 0.25) is 0 Å². The number of methoxy groups -OCH3 is 1. The van der Waals surface area contributed by atoms with Crippen LogP contribution in [-0.4, -0.2) is 67.5 Å². The van der Waals surface area contributed by atoms with Crippen molar-refractivity contribution >= 4 is 21.9 Å². The van der Waals surface area contributed by atoms with E-state index in [0.29, 0.717) is 0 Å². The van der Waals surface area contributed by atoms with E-state index in [1.54, 1.807) is 0 Å². The molecular formula is C9H17BrN2O2. The highest BCUT2D eigenvalue weighted by Gasteiger charge is 2.21. The summed E-state index contributed by atoms with van der Waals surface area (Å²) in [6.45, 7) is 4.92. The summed E-state index contributed by atoms with van der Waals surface area (Å²) in [5.74, 6) is -0.191. The molecule has 1 fully saturated rings. The molecule has 0 aromatic heterocycles. The van der Waals surface area contributed by atoms with Crippen LogP contribution in [0.15, 0.2) is 0 Å². The van der Waals surface area contributed by atoms with Crippen molar-refractivity contribution in [3.63, 3.8) is 0 Å². The third-order valence-electron chi connectivity index (χ3n) is 2.47. The molecule has 0 radical (unpaired) electrons. The molecule has 0 bridgehead atoms. The minimum atomic E-state index is -0.198. The van der Waals surface area contributed by atoms with E-state index in [9.17, 15) is 4.79 Å². The van der Waals surface area contributed by atoms with Crippen LogP contribution in [-0.2, 0) is 9.53 Å². The molecule has 1 aliphatic heterocycles. The second kappa shape index (κ2) is 5.68. The van der Waals surface area contributed by atoms with E-state index in [4.69, 9.17) is 0 Å². The minimum Gasteiger partial charge on any atom is -0.468 e. The summed E-state index contributed by atoms with van der Waals surface area (Å²) in [6, 6.07) is 0. The third-order valence-corrected chi connectivity index (χ3v) is 3.13. The van der Waals surface area contributed by atoms with Gasteiger partial charge in [-0.1, -0.05) is 15.9 Å². The first kappa shape index (κ1) is 11.9. The number of carbonyl (C=O) groups is 1. The Morgan fingerprint density at radius 2 is 2.00 bits per heavy atom. The summed E-state index contributed by atoms with van der Waals surface area (Å²) in [7, 11) is 3.53. The first-order valence-electron chi connectivity index (χ1n) is 4.76. The Labute approximate surface area is 93.3 Å². The van der Waals surface area contributed by atoms with Crippen molar-refractivity contribution in [3.8, 4) is 0 Å². The molecule has 1 saturated heterocycles. The van der Waals surface area contributed by atoms with E-state index in [-0.39, 0.29) is 10.8 Å². The molecule has 1 heterocycles. The second-order valence-corrected chi connectivity index (χ2v) is 4.70. The standard InChI is InChI=1S/C9H17BrN2O2/c1-11-3-5-12(6-4-11)7-8(10)9(13)14-2/h8H,3-7H2,1-2H3. The van der Waals surface area contributed by atoms with Crippen LogP contribution in [0.3, 0.4) is 0 Å². The van der Waals surface area contributed by atoms with E-state index in [0.717, 1.165) is 32.7 Å². The molecular weight excluding hydrogens is 248 g/mol. The Morgan fingerprint density at radius 1 is 1.43 bits per heavy atom. The van der Waals surface area contributed by atoms with Crippen LogP contribution in [0.1, 0.15) is 0 Å². The molecule has 0 aliphatic carbocycles. The number of rotatable bonds is 3. The first-order valence-corrected chi connectivity index (χ1v) is 5.68. The highest BCUT2D eigenvalue weighted by molar-refractivity contribution is 9.10. The average Bonchev–Trinajstić information content (AvgIpc) is 2.20. The van der Waals surface area contributed by atoms with Gasteiger partial charge in [0.25, 0.3) is 0 Å². The van der Waals surface area contributed by atoms with Crippen molar-refractivity contribution in [2.75, 3.05) is 46.9 Å². The Morgan fingerprint density at radius 3 is 2.50 bits per heavy atom. The number of halogens is 1. The molecule has 1 aliphatic rings. The van der Waals surface area contributed by atoms with Crippen LogP contribution in [0, 0.1) is 0 Å². The lowest BCUT2D eigenvalue weighted by Crippen LogP contribution is -2.47. The lowest BCUT2D eigenvalue weighted by Gasteiger charge is -2.32. The second-order valence-electron chi connectivity index (χ2n) is 3.59. The number of likely N-dealkylation sites (N-methyl/N-ethyl adjacent to an activating group) is 1. The largest absolute Gasteiger partial charge is 0.468 e. The van der Waals surface area contributed by atoms with Crippen LogP contribution in [0.5, 0.6) is 0 Å². The summed E-state index contributed by atoms with van der Waals surface area (Å²) < 4.78 is 4.65. The topological polar surface area (TPSA) is 32.8 Å². The van der Waals surface area contributed by atoms with Crippen LogP contribution in [0.4, 0.5) is 0 Å². The fourth-order valence-corrected chi connectivity index (χ4v) is 2.06. The molecule has 0 N–H and O–H groups in total. The number of alkyl halides is 1. The summed E-state index contributed by atoms with van der Waals surface area (Å²) >= 11 is 3.32. The van der Waals surface area contributed by atoms with Crippen LogP contribution >= 0.6 is 15.9 Å². The quantitative estimate of drug-likeness (QED) is 0.538. The SMILES string of the molecule is COC(=O)C(Br)CN1CCN(C)CC1. The zero-order valence-electron chi connectivity index (χ0n) is 8.70. The molecule has 0 aromatic rings. The zero-order chi connectivity index (χ0) is 10.6. The summed E-state index contributed by atoms with van der Waals surface area (Å²) in [6.07, 6.45) is 0. The van der Waals surface area contributed by atoms with E-state index in [2.05, 4.69) is 37.5 Å². The normalized spacial score (nSPS) is 21.9. The van der Waals surface area contributed by atoms with E-state index in [1.807, 2.05) is 0 Å². The van der Waals surface area contributed by atoms with Crippen molar-refractivity contribution < 1.29 is 9.53 Å². The fraction of sp³-hybridized carbons (Fsp3) is 0.889. The number of hydrogen-bond acceptors (Lipinski definition) is 4. The molecule has 1 rings (SSSR count). The summed E-state index contributed by atoms with van der Waals surface area (Å²) in [4.78, 5) is 15.5. The Balaban J connectivity index is 2.27. The monoisotopic (exact) mass is 264 g/mol. The number of piperazine rings is 1. The molecule has 1 atom stereocenters. The Kier molecular flexibility index (Phi) is 4.84. The van der Waals surface area contributed by atoms with Gasteiger partial charge in [-0.15, -0.1) is 0 Å². The van der Waals surface area contributed by atoms with Gasteiger partial charge >= 0.3 is 5.97 Å². The number of nitrogens with zero attached hydrogens (tertiary/aromatic N) is 2. The molecule has 0 saturated carbocycles. The predicted molar refractivity (Wildman–Crippen MR) is 58.7 cm³/mol. The van der Waals surface area contributed by atoms with Gasteiger partial charge in [-0.2, -0.15) is 0 Å². The summed E-state index contributed by atoms with van der Waals surface area (Å²) in [5.41, 5.74) is 0. The fourth-order valence-electron chi connectivity index (χ4n) is 1.46. The number of carbonyl (C=O) groups excluding carboxylic acids is 1. The smallest absolute Gasteiger partial charge is 0.320 e. The van der Waals surface area contributed by atoms with Gasteiger partial charge in [0.1, 0.15) is 4.83 Å². The average molecular weight is 265 g/mol. The van der Waals surface area contributed by atoms with Gasteiger partial charge in [-0.25, -0.2) is 0 Å². The van der Waals surface area contributed by atoms with Gasteiger partial charge in [0.15, 0.2) is 0 Å². The van der Waals surface area contributed by atoms with Crippen molar-refractivity contribution in [2.24, 2.45) is 0 Å². The number of esters is 1. The minimum absolute atomic E-state index is 0.191. The predicted octanol–water partition coefficient (Wildman–Crippen LogP) is 0.170. The van der Waals surface area contributed by atoms with Gasteiger partial charge in [-0.05, 0) is 7.05 Å². The third kappa shape index (κ3) is 3.55. The van der Waals surface area contributed by atoms with Crippen molar-refractivity contribution in [3.05, 3.63) is 0 Å². The molecule has 0 aromatic carbocycles. The van der Waals surface area contributed by atoms with Crippen molar-refractivity contribution in [1.82, 2.24) is 9.80 Å². The molecule has 0 spiro atoms. The van der Waals surface area contributed by atoms with Crippen molar-refractivity contribution in [2.45, 2.75) is 4.83 Å². The highest BCUT2D eigenvalue weighted by Crippen LogP contribution is 2.07.